The first-order valence-electron chi connectivity index (χ1n) is 11.3. The van der Waals surface area contributed by atoms with Crippen molar-refractivity contribution >= 4 is 16.7 Å². The summed E-state index contributed by atoms with van der Waals surface area (Å²) in [6.45, 7) is 2.21. The predicted octanol–water partition coefficient (Wildman–Crippen LogP) is 6.81. The summed E-state index contributed by atoms with van der Waals surface area (Å²) in [6.07, 6.45) is 0.991. The van der Waals surface area contributed by atoms with Crippen LogP contribution in [-0.4, -0.2) is 26.8 Å². The van der Waals surface area contributed by atoms with Gasteiger partial charge >= 0.3 is 5.97 Å². The number of aryl methyl sites for hydroxylation is 1. The van der Waals surface area contributed by atoms with Crippen molar-refractivity contribution in [3.8, 4) is 34.1 Å². The highest BCUT2D eigenvalue weighted by Gasteiger charge is 2.14. The second-order valence-corrected chi connectivity index (χ2v) is 7.81. The first kappa shape index (κ1) is 23.2. The summed E-state index contributed by atoms with van der Waals surface area (Å²) < 4.78 is 22.2. The van der Waals surface area contributed by atoms with Crippen LogP contribution in [0.2, 0.25) is 0 Å². The van der Waals surface area contributed by atoms with Crippen LogP contribution in [0.5, 0.6) is 23.0 Å². The lowest BCUT2D eigenvalue weighted by Gasteiger charge is -2.16. The predicted molar refractivity (Wildman–Crippen MR) is 134 cm³/mol. The molecule has 0 aliphatic rings. The normalized spacial score (nSPS) is 10.7. The largest absolute Gasteiger partial charge is 0.497 e. The molecule has 4 aromatic carbocycles. The number of carbonyl (C=O) groups excluding carboxylic acids is 1. The number of benzene rings is 4. The molecule has 4 aromatic rings. The highest BCUT2D eigenvalue weighted by atomic mass is 16.5. The van der Waals surface area contributed by atoms with Gasteiger partial charge in [-0.25, -0.2) is 0 Å². The standard InChI is InChI=1S/C29H28O5/c1-4-33-28(30)18-7-20-5-11-24(12-6-20)34-29-26(21-8-13-23(31-2)14-9-21)16-10-22-19-25(32-3)15-17-27(22)29/h5-6,8-17,19H,4,7,18H2,1-3H3. The summed E-state index contributed by atoms with van der Waals surface area (Å²) in [7, 11) is 3.32. The van der Waals surface area contributed by atoms with Gasteiger partial charge in [0.15, 0.2) is 0 Å². The number of hydrogen-bond donors (Lipinski definition) is 0. The number of esters is 1. The molecule has 0 N–H and O–H groups in total. The molecule has 174 valence electrons. The summed E-state index contributed by atoms with van der Waals surface area (Å²) in [5.41, 5.74) is 3.06. The molecule has 0 fully saturated rings. The SMILES string of the molecule is CCOC(=O)CCc1ccc(Oc2c(-c3ccc(OC)cc3)ccc3cc(OC)ccc23)cc1. The van der Waals surface area contributed by atoms with E-state index in [2.05, 4.69) is 12.1 Å². The van der Waals surface area contributed by atoms with Gasteiger partial charge in [0, 0.05) is 17.4 Å². The van der Waals surface area contributed by atoms with Crippen molar-refractivity contribution in [2.75, 3.05) is 20.8 Å². The zero-order chi connectivity index (χ0) is 23.9. The van der Waals surface area contributed by atoms with E-state index in [0.717, 1.165) is 50.5 Å². The summed E-state index contributed by atoms with van der Waals surface area (Å²) in [5, 5.41) is 2.01. The minimum Gasteiger partial charge on any atom is -0.497 e. The van der Waals surface area contributed by atoms with E-state index < -0.39 is 0 Å². The number of methoxy groups -OCH3 is 2. The van der Waals surface area contributed by atoms with Crippen LogP contribution in [0.25, 0.3) is 21.9 Å². The first-order chi connectivity index (χ1) is 16.6. The molecule has 0 atom stereocenters. The van der Waals surface area contributed by atoms with Crippen LogP contribution in [-0.2, 0) is 16.0 Å². The number of hydrogen-bond acceptors (Lipinski definition) is 5. The minimum absolute atomic E-state index is 0.182. The van der Waals surface area contributed by atoms with Crippen molar-refractivity contribution in [1.82, 2.24) is 0 Å². The lowest BCUT2D eigenvalue weighted by atomic mass is 9.99. The maximum atomic E-state index is 11.6. The molecule has 34 heavy (non-hydrogen) atoms. The average molecular weight is 457 g/mol. The molecule has 0 amide bonds. The molecule has 4 rings (SSSR count). The molecule has 0 heterocycles. The van der Waals surface area contributed by atoms with Gasteiger partial charge in [0.05, 0.1) is 20.8 Å². The molecule has 0 radical (unpaired) electrons. The van der Waals surface area contributed by atoms with Crippen molar-refractivity contribution in [3.63, 3.8) is 0 Å². The van der Waals surface area contributed by atoms with Crippen LogP contribution in [0.4, 0.5) is 0 Å². The lowest BCUT2D eigenvalue weighted by Crippen LogP contribution is -2.05. The van der Waals surface area contributed by atoms with E-state index in [0.29, 0.717) is 19.4 Å². The Morgan fingerprint density at radius 2 is 1.44 bits per heavy atom. The smallest absolute Gasteiger partial charge is 0.306 e. The molecular weight excluding hydrogens is 428 g/mol. The van der Waals surface area contributed by atoms with E-state index in [-0.39, 0.29) is 5.97 Å². The Balaban J connectivity index is 1.67. The molecular formula is C29H28O5. The zero-order valence-electron chi connectivity index (χ0n) is 19.7. The number of ether oxygens (including phenoxy) is 4. The van der Waals surface area contributed by atoms with Gasteiger partial charge in [-0.2, -0.15) is 0 Å². The highest BCUT2D eigenvalue weighted by molar-refractivity contribution is 5.96. The maximum absolute atomic E-state index is 11.6. The Kier molecular flexibility index (Phi) is 7.33. The van der Waals surface area contributed by atoms with Gasteiger partial charge in [-0.1, -0.05) is 30.3 Å². The van der Waals surface area contributed by atoms with Gasteiger partial charge in [-0.15, -0.1) is 0 Å². The van der Waals surface area contributed by atoms with E-state index in [9.17, 15) is 4.79 Å². The van der Waals surface area contributed by atoms with Crippen LogP contribution in [0.3, 0.4) is 0 Å². The molecule has 0 aliphatic carbocycles. The van der Waals surface area contributed by atoms with Gasteiger partial charge in [0.25, 0.3) is 0 Å². The van der Waals surface area contributed by atoms with Crippen LogP contribution < -0.4 is 14.2 Å². The molecule has 0 spiro atoms. The third-order valence-electron chi connectivity index (χ3n) is 5.64. The van der Waals surface area contributed by atoms with E-state index in [1.807, 2.05) is 73.7 Å². The fourth-order valence-electron chi connectivity index (χ4n) is 3.84. The second-order valence-electron chi connectivity index (χ2n) is 7.81. The van der Waals surface area contributed by atoms with Crippen LogP contribution >= 0.6 is 0 Å². The van der Waals surface area contributed by atoms with Crippen molar-refractivity contribution in [2.45, 2.75) is 19.8 Å². The van der Waals surface area contributed by atoms with Gasteiger partial charge in [0.1, 0.15) is 23.0 Å². The summed E-state index contributed by atoms with van der Waals surface area (Å²) >= 11 is 0. The quantitative estimate of drug-likeness (QED) is 0.259. The minimum atomic E-state index is -0.182. The van der Waals surface area contributed by atoms with E-state index in [1.54, 1.807) is 14.2 Å². The molecule has 0 saturated heterocycles. The third-order valence-corrected chi connectivity index (χ3v) is 5.64. The monoisotopic (exact) mass is 456 g/mol. The number of rotatable bonds is 9. The molecule has 0 saturated carbocycles. The summed E-state index contributed by atoms with van der Waals surface area (Å²) in [5.74, 6) is 2.90. The first-order valence-corrected chi connectivity index (χ1v) is 11.3. The summed E-state index contributed by atoms with van der Waals surface area (Å²) in [6, 6.07) is 25.8. The molecule has 0 bridgehead atoms. The average Bonchev–Trinajstić information content (AvgIpc) is 2.88. The van der Waals surface area contributed by atoms with E-state index in [4.69, 9.17) is 18.9 Å². The number of carbonyl (C=O) groups is 1. The van der Waals surface area contributed by atoms with Crippen molar-refractivity contribution in [1.29, 1.82) is 0 Å². The fraction of sp³-hybridized carbons (Fsp3) is 0.207. The van der Waals surface area contributed by atoms with Gasteiger partial charge in [0.2, 0.25) is 0 Å². The Hall–Kier alpha value is -3.99. The molecule has 5 heteroatoms. The maximum Gasteiger partial charge on any atom is 0.306 e. The Bertz CT molecular complexity index is 1260. The molecule has 0 aliphatic heterocycles. The zero-order valence-corrected chi connectivity index (χ0v) is 19.7. The Morgan fingerprint density at radius 3 is 2.12 bits per heavy atom. The summed E-state index contributed by atoms with van der Waals surface area (Å²) in [4.78, 5) is 11.6. The molecule has 0 unspecified atom stereocenters. The molecule has 0 aromatic heterocycles. The highest BCUT2D eigenvalue weighted by Crippen LogP contribution is 2.41. The topological polar surface area (TPSA) is 54.0 Å². The molecule has 5 nitrogen and oxygen atoms in total. The van der Waals surface area contributed by atoms with Gasteiger partial charge in [-0.3, -0.25) is 4.79 Å². The van der Waals surface area contributed by atoms with E-state index in [1.165, 1.54) is 0 Å². The Morgan fingerprint density at radius 1 is 0.765 bits per heavy atom. The third kappa shape index (κ3) is 5.31. The van der Waals surface area contributed by atoms with Gasteiger partial charge in [-0.05, 0) is 78.4 Å². The van der Waals surface area contributed by atoms with Crippen LogP contribution in [0.1, 0.15) is 18.9 Å². The Labute approximate surface area is 199 Å². The van der Waals surface area contributed by atoms with Crippen molar-refractivity contribution in [2.24, 2.45) is 0 Å². The van der Waals surface area contributed by atoms with E-state index >= 15 is 0 Å². The van der Waals surface area contributed by atoms with Crippen LogP contribution in [0.15, 0.2) is 78.9 Å². The lowest BCUT2D eigenvalue weighted by molar-refractivity contribution is -0.143. The number of fused-ring (bicyclic) bond motifs is 1. The fourth-order valence-corrected chi connectivity index (χ4v) is 3.84. The second kappa shape index (κ2) is 10.8. The van der Waals surface area contributed by atoms with Crippen molar-refractivity contribution in [3.05, 3.63) is 84.4 Å². The van der Waals surface area contributed by atoms with Crippen LogP contribution in [0, 0.1) is 0 Å². The van der Waals surface area contributed by atoms with Gasteiger partial charge < -0.3 is 18.9 Å². The van der Waals surface area contributed by atoms with Crippen molar-refractivity contribution < 1.29 is 23.7 Å².